The maximum Gasteiger partial charge on any atom is 0.200 e. The number of aromatic nitrogens is 2. The average molecular weight is 471 g/mol. The second kappa shape index (κ2) is 10.4. The van der Waals surface area contributed by atoms with Crippen LogP contribution < -0.4 is 0 Å². The van der Waals surface area contributed by atoms with Crippen LogP contribution in [0.4, 0.5) is 26.3 Å². The number of hydrogen-bond donors (Lipinski definition) is 0. The fourth-order valence-corrected chi connectivity index (χ4v) is 3.12. The molecule has 0 aliphatic carbocycles. The smallest absolute Gasteiger partial charge is 0.200 e. The Kier molecular flexibility index (Phi) is 8.38. The molecule has 8 heteroatoms. The van der Waals surface area contributed by atoms with Crippen molar-refractivity contribution >= 4 is 0 Å². The summed E-state index contributed by atoms with van der Waals surface area (Å²) in [6.45, 7) is 9.17. The molecule has 0 unspecified atom stereocenters. The summed E-state index contributed by atoms with van der Waals surface area (Å²) in [7, 11) is 1.51. The van der Waals surface area contributed by atoms with Crippen molar-refractivity contribution in [1.29, 1.82) is 0 Å². The quantitative estimate of drug-likeness (QED) is 0.211. The second-order valence-electron chi connectivity index (χ2n) is 8.39. The monoisotopic (exact) mass is 470 g/mol. The Hall–Kier alpha value is -2.77. The fourth-order valence-electron chi connectivity index (χ4n) is 3.12. The van der Waals surface area contributed by atoms with E-state index in [-0.39, 0.29) is 5.82 Å². The molecule has 1 aromatic heterocycles. The van der Waals surface area contributed by atoms with Crippen LogP contribution in [0.3, 0.4) is 0 Å². The van der Waals surface area contributed by atoms with E-state index in [1.54, 1.807) is 38.1 Å². The molecular weight excluding hydrogens is 442 g/mol. The molecular formula is C25H28F6N2. The molecule has 0 amide bonds. The Balaban J connectivity index is 0.000000890. The molecule has 0 N–H and O–H groups in total. The zero-order valence-corrected chi connectivity index (χ0v) is 19.5. The Morgan fingerprint density at radius 2 is 1.36 bits per heavy atom. The molecule has 3 rings (SSSR count). The molecule has 1 heterocycles. The van der Waals surface area contributed by atoms with E-state index in [9.17, 15) is 26.3 Å². The zero-order valence-electron chi connectivity index (χ0n) is 19.5. The molecule has 2 aromatic carbocycles. The first-order chi connectivity index (χ1) is 15.4. The molecule has 3 aromatic rings. The van der Waals surface area contributed by atoms with Crippen LogP contribution in [0.2, 0.25) is 0 Å². The van der Waals surface area contributed by atoms with Crippen LogP contribution in [-0.4, -0.2) is 15.7 Å². The van der Waals surface area contributed by atoms with Gasteiger partial charge in [-0.1, -0.05) is 64.8 Å². The van der Waals surface area contributed by atoms with E-state index in [1.165, 1.54) is 31.4 Å². The Morgan fingerprint density at radius 1 is 0.879 bits per heavy atom. The third-order valence-corrected chi connectivity index (χ3v) is 5.70. The molecule has 0 radical (unpaired) electrons. The minimum absolute atomic E-state index is 0.202. The van der Waals surface area contributed by atoms with Crippen molar-refractivity contribution < 1.29 is 26.3 Å². The highest BCUT2D eigenvalue weighted by atomic mass is 19.2. The van der Waals surface area contributed by atoms with Crippen molar-refractivity contribution in [2.24, 2.45) is 7.05 Å². The van der Waals surface area contributed by atoms with Gasteiger partial charge in [0, 0.05) is 24.2 Å². The molecule has 0 fully saturated rings. The number of imidazole rings is 1. The molecule has 180 valence electrons. The van der Waals surface area contributed by atoms with E-state index in [0.29, 0.717) is 11.1 Å². The minimum atomic E-state index is -2.23. The molecule has 2 nitrogen and oxygen atoms in total. The summed E-state index contributed by atoms with van der Waals surface area (Å²) < 4.78 is 84.5. The Labute approximate surface area is 190 Å². The van der Waals surface area contributed by atoms with Gasteiger partial charge in [0.15, 0.2) is 23.3 Å². The molecule has 0 saturated heterocycles. The SMILES string of the molecule is CCCC.C[C@@H](F)C(C)(C)c1ccccc1-c1nc(-c2c(F)c(F)c(F)c(F)c2F)cn1C. The largest absolute Gasteiger partial charge is 0.333 e. The number of halogens is 6. The minimum Gasteiger partial charge on any atom is -0.333 e. The van der Waals surface area contributed by atoms with Crippen LogP contribution in [0.5, 0.6) is 0 Å². The Morgan fingerprint density at radius 3 is 1.85 bits per heavy atom. The van der Waals surface area contributed by atoms with Gasteiger partial charge in [0.1, 0.15) is 12.0 Å². The lowest BCUT2D eigenvalue weighted by Crippen LogP contribution is -2.28. The lowest BCUT2D eigenvalue weighted by molar-refractivity contribution is 0.237. The first-order valence-corrected chi connectivity index (χ1v) is 10.7. The highest BCUT2D eigenvalue weighted by Crippen LogP contribution is 2.38. The average Bonchev–Trinajstić information content (AvgIpc) is 3.17. The van der Waals surface area contributed by atoms with E-state index >= 15 is 0 Å². The van der Waals surface area contributed by atoms with Crippen molar-refractivity contribution in [3.05, 3.63) is 65.1 Å². The van der Waals surface area contributed by atoms with Gasteiger partial charge in [-0.15, -0.1) is 0 Å². The number of alkyl halides is 1. The van der Waals surface area contributed by atoms with Crippen LogP contribution in [0, 0.1) is 29.1 Å². The van der Waals surface area contributed by atoms with Crippen LogP contribution in [0.25, 0.3) is 22.6 Å². The standard InChI is InChI=1S/C21H18F6N2.C4H10/c1-10(22)21(2,3)12-8-6-5-7-11(12)20-28-13(9-29(20)4)14-15(23)17(25)19(27)18(26)16(14)24;1-3-4-2/h5-10H,1-4H3;3-4H2,1-2H3/t10-;/m1./s1. The summed E-state index contributed by atoms with van der Waals surface area (Å²) in [6.07, 6.45) is 2.58. The van der Waals surface area contributed by atoms with Crippen LogP contribution in [-0.2, 0) is 12.5 Å². The third-order valence-electron chi connectivity index (χ3n) is 5.70. The third kappa shape index (κ3) is 5.09. The van der Waals surface area contributed by atoms with Gasteiger partial charge in [0.05, 0.1) is 11.3 Å². The van der Waals surface area contributed by atoms with Gasteiger partial charge in [0.2, 0.25) is 5.82 Å². The lowest BCUT2D eigenvalue weighted by Gasteiger charge is -2.29. The van der Waals surface area contributed by atoms with E-state index < -0.39 is 51.9 Å². The van der Waals surface area contributed by atoms with E-state index in [0.717, 1.165) is 6.20 Å². The summed E-state index contributed by atoms with van der Waals surface area (Å²) in [4.78, 5) is 4.12. The normalized spacial score (nSPS) is 12.4. The summed E-state index contributed by atoms with van der Waals surface area (Å²) in [6, 6.07) is 6.77. The molecule has 0 spiro atoms. The van der Waals surface area contributed by atoms with E-state index in [1.807, 2.05) is 0 Å². The van der Waals surface area contributed by atoms with Gasteiger partial charge < -0.3 is 4.57 Å². The number of aryl methyl sites for hydroxylation is 1. The number of rotatable bonds is 5. The van der Waals surface area contributed by atoms with Gasteiger partial charge in [-0.05, 0) is 12.5 Å². The van der Waals surface area contributed by atoms with Crippen LogP contribution in [0.15, 0.2) is 30.5 Å². The van der Waals surface area contributed by atoms with Crippen molar-refractivity contribution in [2.45, 2.75) is 59.0 Å². The molecule has 1 atom stereocenters. The first kappa shape index (κ1) is 26.5. The van der Waals surface area contributed by atoms with Crippen molar-refractivity contribution in [3.8, 4) is 22.6 Å². The number of nitrogens with zero attached hydrogens (tertiary/aromatic N) is 2. The highest BCUT2D eigenvalue weighted by Gasteiger charge is 2.32. The maximum atomic E-state index is 14.2. The maximum absolute atomic E-state index is 14.2. The molecule has 0 saturated carbocycles. The lowest BCUT2D eigenvalue weighted by atomic mass is 9.78. The fraction of sp³-hybridized carbons (Fsp3) is 0.400. The summed E-state index contributed by atoms with van der Waals surface area (Å²) in [5, 5.41) is 0. The van der Waals surface area contributed by atoms with E-state index in [4.69, 9.17) is 0 Å². The number of benzene rings is 2. The van der Waals surface area contributed by atoms with Gasteiger partial charge in [-0.25, -0.2) is 31.3 Å². The second-order valence-corrected chi connectivity index (χ2v) is 8.39. The van der Waals surface area contributed by atoms with Gasteiger partial charge in [-0.2, -0.15) is 0 Å². The first-order valence-electron chi connectivity index (χ1n) is 10.7. The summed E-state index contributed by atoms with van der Waals surface area (Å²) in [5.41, 5.74) is -1.37. The molecule has 0 aliphatic heterocycles. The Bertz CT molecular complexity index is 1090. The zero-order chi connectivity index (χ0) is 25.1. The van der Waals surface area contributed by atoms with Crippen LogP contribution >= 0.6 is 0 Å². The summed E-state index contributed by atoms with van der Waals surface area (Å²) in [5.74, 6) is -10.0. The predicted octanol–water partition coefficient (Wildman–Crippen LogP) is 7.89. The van der Waals surface area contributed by atoms with Gasteiger partial charge in [0.25, 0.3) is 0 Å². The van der Waals surface area contributed by atoms with Crippen molar-refractivity contribution in [3.63, 3.8) is 0 Å². The highest BCUT2D eigenvalue weighted by molar-refractivity contribution is 5.69. The van der Waals surface area contributed by atoms with Crippen molar-refractivity contribution in [2.75, 3.05) is 0 Å². The van der Waals surface area contributed by atoms with Crippen molar-refractivity contribution in [1.82, 2.24) is 9.55 Å². The molecule has 0 aliphatic rings. The van der Waals surface area contributed by atoms with Crippen LogP contribution in [0.1, 0.15) is 53.0 Å². The number of hydrogen-bond acceptors (Lipinski definition) is 1. The number of unbranched alkanes of at least 4 members (excludes halogenated alkanes) is 1. The predicted molar refractivity (Wildman–Crippen MR) is 118 cm³/mol. The molecule has 0 bridgehead atoms. The summed E-state index contributed by atoms with van der Waals surface area (Å²) >= 11 is 0. The van der Waals surface area contributed by atoms with Gasteiger partial charge in [-0.3, -0.25) is 0 Å². The topological polar surface area (TPSA) is 17.8 Å². The molecule has 33 heavy (non-hydrogen) atoms. The van der Waals surface area contributed by atoms with E-state index in [2.05, 4.69) is 18.8 Å². The van der Waals surface area contributed by atoms with Gasteiger partial charge >= 0.3 is 0 Å².